The first kappa shape index (κ1) is 13.0. The Kier molecular flexibility index (Phi) is 4.20. The predicted octanol–water partition coefficient (Wildman–Crippen LogP) is 2.43. The maximum absolute atomic E-state index is 11.7. The maximum atomic E-state index is 11.7. The molecule has 0 saturated carbocycles. The molecule has 0 radical (unpaired) electrons. The van der Waals surface area contributed by atoms with E-state index in [0.29, 0.717) is 21.9 Å². The smallest absolute Gasteiger partial charge is 0.189 e. The van der Waals surface area contributed by atoms with E-state index in [-0.39, 0.29) is 5.78 Å². The number of rotatable bonds is 3. The summed E-state index contributed by atoms with van der Waals surface area (Å²) in [7, 11) is 0. The third kappa shape index (κ3) is 2.88. The van der Waals surface area contributed by atoms with Crippen molar-refractivity contribution in [2.75, 3.05) is 13.2 Å². The molecule has 2 atom stereocenters. The monoisotopic (exact) mass is 273 g/mol. The zero-order valence-corrected chi connectivity index (χ0v) is 11.3. The van der Waals surface area contributed by atoms with Crippen molar-refractivity contribution >= 4 is 28.7 Å². The molecule has 0 amide bonds. The van der Waals surface area contributed by atoms with Crippen LogP contribution in [-0.2, 0) is 0 Å². The number of thiophene rings is 1. The third-order valence-electron chi connectivity index (χ3n) is 3.17. The molecule has 0 aliphatic carbocycles. The zero-order valence-electron chi connectivity index (χ0n) is 9.70. The third-order valence-corrected chi connectivity index (χ3v) is 4.60. The Bertz CT molecular complexity index is 419. The molecule has 0 spiro atoms. The SMILES string of the molecule is CC1CC(c2sc(Cl)cc2C(=O)CO)CCN1. The molecule has 5 heteroatoms. The van der Waals surface area contributed by atoms with E-state index in [9.17, 15) is 4.79 Å². The summed E-state index contributed by atoms with van der Waals surface area (Å²) >= 11 is 7.46. The number of aliphatic hydroxyl groups excluding tert-OH is 1. The minimum absolute atomic E-state index is 0.227. The number of Topliss-reactive ketones (excluding diaryl/α,β-unsaturated/α-hetero) is 1. The molecule has 1 fully saturated rings. The van der Waals surface area contributed by atoms with Gasteiger partial charge in [-0.05, 0) is 38.3 Å². The van der Waals surface area contributed by atoms with Gasteiger partial charge in [0, 0.05) is 16.5 Å². The highest BCUT2D eigenvalue weighted by Crippen LogP contribution is 2.38. The Labute approximate surface area is 110 Å². The van der Waals surface area contributed by atoms with E-state index in [1.165, 1.54) is 11.3 Å². The van der Waals surface area contributed by atoms with Crippen molar-refractivity contribution in [3.63, 3.8) is 0 Å². The van der Waals surface area contributed by atoms with E-state index in [0.717, 1.165) is 24.3 Å². The second-order valence-corrected chi connectivity index (χ2v) is 6.20. The summed E-state index contributed by atoms with van der Waals surface area (Å²) in [6.45, 7) is 2.67. The molecule has 2 rings (SSSR count). The summed E-state index contributed by atoms with van der Waals surface area (Å²) in [5.41, 5.74) is 0.613. The van der Waals surface area contributed by atoms with Crippen LogP contribution in [0.5, 0.6) is 0 Å². The first-order valence-corrected chi connectivity index (χ1v) is 6.98. The van der Waals surface area contributed by atoms with Crippen LogP contribution in [0.25, 0.3) is 0 Å². The number of piperidine rings is 1. The minimum Gasteiger partial charge on any atom is -0.388 e. The highest BCUT2D eigenvalue weighted by atomic mass is 35.5. The van der Waals surface area contributed by atoms with Crippen LogP contribution in [0.3, 0.4) is 0 Å². The summed E-state index contributed by atoms with van der Waals surface area (Å²) in [6, 6.07) is 2.15. The fourth-order valence-electron chi connectivity index (χ4n) is 2.35. The average molecular weight is 274 g/mol. The fourth-order valence-corrected chi connectivity index (χ4v) is 3.76. The maximum Gasteiger partial charge on any atom is 0.189 e. The fraction of sp³-hybridized carbons (Fsp3) is 0.583. The van der Waals surface area contributed by atoms with E-state index in [2.05, 4.69) is 12.2 Å². The van der Waals surface area contributed by atoms with Gasteiger partial charge in [0.15, 0.2) is 5.78 Å². The molecule has 2 N–H and O–H groups in total. The van der Waals surface area contributed by atoms with Gasteiger partial charge in [0.2, 0.25) is 0 Å². The lowest BCUT2D eigenvalue weighted by Crippen LogP contribution is -2.35. The van der Waals surface area contributed by atoms with Gasteiger partial charge in [0.05, 0.1) is 4.34 Å². The second kappa shape index (κ2) is 5.48. The number of carbonyl (C=O) groups is 1. The Morgan fingerprint density at radius 2 is 2.47 bits per heavy atom. The molecule has 1 aromatic heterocycles. The first-order valence-electron chi connectivity index (χ1n) is 5.78. The molecule has 2 heterocycles. The van der Waals surface area contributed by atoms with Gasteiger partial charge in [0.25, 0.3) is 0 Å². The lowest BCUT2D eigenvalue weighted by Gasteiger charge is -2.27. The van der Waals surface area contributed by atoms with Crippen LogP contribution in [0, 0.1) is 0 Å². The van der Waals surface area contributed by atoms with Crippen LogP contribution >= 0.6 is 22.9 Å². The quantitative estimate of drug-likeness (QED) is 0.832. The van der Waals surface area contributed by atoms with Crippen molar-refractivity contribution in [1.29, 1.82) is 0 Å². The van der Waals surface area contributed by atoms with Gasteiger partial charge in [-0.3, -0.25) is 4.79 Å². The standard InChI is InChI=1S/C12H16ClNO2S/c1-7-4-8(2-3-14-7)12-9(10(16)6-15)5-11(13)17-12/h5,7-8,14-15H,2-4,6H2,1H3. The topological polar surface area (TPSA) is 49.3 Å². The number of nitrogens with one attached hydrogen (secondary N) is 1. The molecular formula is C12H16ClNO2S. The van der Waals surface area contributed by atoms with Gasteiger partial charge in [-0.2, -0.15) is 0 Å². The van der Waals surface area contributed by atoms with Crippen molar-refractivity contribution in [2.45, 2.75) is 31.7 Å². The molecule has 0 aromatic carbocycles. The average Bonchev–Trinajstić information content (AvgIpc) is 2.70. The van der Waals surface area contributed by atoms with Gasteiger partial charge < -0.3 is 10.4 Å². The Balaban J connectivity index is 2.27. The van der Waals surface area contributed by atoms with Gasteiger partial charge >= 0.3 is 0 Å². The summed E-state index contributed by atoms with van der Waals surface area (Å²) in [4.78, 5) is 12.7. The molecular weight excluding hydrogens is 258 g/mol. The number of aliphatic hydroxyl groups is 1. The summed E-state index contributed by atoms with van der Waals surface area (Å²) in [5, 5.41) is 12.4. The normalized spacial score (nSPS) is 24.9. The molecule has 0 bridgehead atoms. The van der Waals surface area contributed by atoms with Crippen LogP contribution < -0.4 is 5.32 Å². The molecule has 3 nitrogen and oxygen atoms in total. The molecule has 2 unspecified atom stereocenters. The molecule has 1 saturated heterocycles. The predicted molar refractivity (Wildman–Crippen MR) is 70.2 cm³/mol. The first-order chi connectivity index (χ1) is 8.11. The van der Waals surface area contributed by atoms with Crippen molar-refractivity contribution in [1.82, 2.24) is 5.32 Å². The number of hydrogen-bond acceptors (Lipinski definition) is 4. The lowest BCUT2D eigenvalue weighted by atomic mass is 9.89. The van der Waals surface area contributed by atoms with E-state index in [4.69, 9.17) is 16.7 Å². The van der Waals surface area contributed by atoms with Crippen molar-refractivity contribution in [3.8, 4) is 0 Å². The summed E-state index contributed by atoms with van der Waals surface area (Å²) < 4.78 is 0.628. The molecule has 1 aromatic rings. The molecule has 17 heavy (non-hydrogen) atoms. The van der Waals surface area contributed by atoms with Crippen LogP contribution in [0.15, 0.2) is 6.07 Å². The molecule has 94 valence electrons. The van der Waals surface area contributed by atoms with Crippen LogP contribution in [-0.4, -0.2) is 30.1 Å². The lowest BCUT2D eigenvalue weighted by molar-refractivity contribution is 0.0902. The van der Waals surface area contributed by atoms with Gasteiger partial charge in [-0.1, -0.05) is 11.6 Å². The number of halogens is 1. The minimum atomic E-state index is -0.444. The largest absolute Gasteiger partial charge is 0.388 e. The van der Waals surface area contributed by atoms with Gasteiger partial charge in [-0.15, -0.1) is 11.3 Å². The number of hydrogen-bond donors (Lipinski definition) is 2. The van der Waals surface area contributed by atoms with E-state index < -0.39 is 6.61 Å². The highest BCUT2D eigenvalue weighted by Gasteiger charge is 2.26. The number of ketones is 1. The Morgan fingerprint density at radius 1 is 1.71 bits per heavy atom. The second-order valence-electron chi connectivity index (χ2n) is 4.49. The molecule has 1 aliphatic rings. The summed E-state index contributed by atoms with van der Waals surface area (Å²) in [6.07, 6.45) is 2.04. The van der Waals surface area contributed by atoms with E-state index in [1.807, 2.05) is 0 Å². The van der Waals surface area contributed by atoms with Gasteiger partial charge in [0.1, 0.15) is 6.61 Å². The number of carbonyl (C=O) groups excluding carboxylic acids is 1. The Hall–Kier alpha value is -0.420. The van der Waals surface area contributed by atoms with Gasteiger partial charge in [-0.25, -0.2) is 0 Å². The van der Waals surface area contributed by atoms with E-state index in [1.54, 1.807) is 6.07 Å². The Morgan fingerprint density at radius 3 is 3.12 bits per heavy atom. The van der Waals surface area contributed by atoms with Crippen LogP contribution in [0.4, 0.5) is 0 Å². The molecule has 1 aliphatic heterocycles. The van der Waals surface area contributed by atoms with Crippen molar-refractivity contribution in [3.05, 3.63) is 20.8 Å². The zero-order chi connectivity index (χ0) is 12.4. The van der Waals surface area contributed by atoms with E-state index >= 15 is 0 Å². The van der Waals surface area contributed by atoms with Crippen LogP contribution in [0.1, 0.15) is 40.9 Å². The summed E-state index contributed by atoms with van der Waals surface area (Å²) in [5.74, 6) is 0.156. The van der Waals surface area contributed by atoms with Crippen LogP contribution in [0.2, 0.25) is 4.34 Å². The highest BCUT2D eigenvalue weighted by molar-refractivity contribution is 7.16. The van der Waals surface area contributed by atoms with Crippen molar-refractivity contribution in [2.24, 2.45) is 0 Å². The van der Waals surface area contributed by atoms with Crippen molar-refractivity contribution < 1.29 is 9.90 Å².